The van der Waals surface area contributed by atoms with E-state index in [1.54, 1.807) is 12.1 Å². The molecule has 64 valence electrons. The van der Waals surface area contributed by atoms with Gasteiger partial charge in [-0.3, -0.25) is 4.79 Å². The minimum absolute atomic E-state index is 0.187. The predicted molar refractivity (Wildman–Crippen MR) is 43.8 cm³/mol. The van der Waals surface area contributed by atoms with Gasteiger partial charge in [0.15, 0.2) is 5.01 Å². The molecule has 0 saturated heterocycles. The minimum atomic E-state index is -0.742. The maximum absolute atomic E-state index is 10.4. The zero-order chi connectivity index (χ0) is 9.56. The van der Waals surface area contributed by atoms with Crippen LogP contribution in [-0.2, 0) is 9.53 Å². The molecule has 0 aromatic heterocycles. The van der Waals surface area contributed by atoms with Crippen molar-refractivity contribution in [3.8, 4) is 12.1 Å². The average Bonchev–Trinajstić information content (AvgIpc) is 1.98. The van der Waals surface area contributed by atoms with Gasteiger partial charge in [0.1, 0.15) is 5.92 Å². The number of halogens is 1. The van der Waals surface area contributed by atoms with Crippen molar-refractivity contribution >= 4 is 21.9 Å². The van der Waals surface area contributed by atoms with Gasteiger partial charge < -0.3 is 4.74 Å². The summed E-state index contributed by atoms with van der Waals surface area (Å²) in [5.74, 6) is -1.18. The summed E-state index contributed by atoms with van der Waals surface area (Å²) >= 11 is 3.02. The van der Waals surface area contributed by atoms with Crippen LogP contribution in [0, 0.1) is 28.6 Å². The predicted octanol–water partition coefficient (Wildman–Crippen LogP) is 1.32. The highest BCUT2D eigenvalue weighted by Gasteiger charge is 2.14. The van der Waals surface area contributed by atoms with E-state index in [0.717, 1.165) is 0 Å². The monoisotopic (exact) mass is 230 g/mol. The number of hydrogen-bond donors (Lipinski definition) is 0. The lowest BCUT2D eigenvalue weighted by Gasteiger charge is -2.08. The Kier molecular flexibility index (Phi) is 5.07. The van der Waals surface area contributed by atoms with Gasteiger partial charge >= 0.3 is 5.97 Å². The van der Waals surface area contributed by atoms with Crippen molar-refractivity contribution in [1.29, 1.82) is 10.5 Å². The normalized spacial score (nSPS) is 11.4. The van der Waals surface area contributed by atoms with Crippen molar-refractivity contribution in [3.63, 3.8) is 0 Å². The highest BCUT2D eigenvalue weighted by molar-refractivity contribution is 9.09. The molecule has 0 aliphatic heterocycles. The second kappa shape index (κ2) is 5.56. The van der Waals surface area contributed by atoms with Gasteiger partial charge in [-0.05, 0) is 15.9 Å². The highest BCUT2D eigenvalue weighted by Crippen LogP contribution is 2.13. The van der Waals surface area contributed by atoms with Crippen molar-refractivity contribution < 1.29 is 9.53 Å². The van der Waals surface area contributed by atoms with E-state index < -0.39 is 16.9 Å². The number of ether oxygens (including phenoxy) is 1. The molecular formula is C7H7BrN2O2. The Hall–Kier alpha value is -1.07. The molecule has 0 fully saturated rings. The van der Waals surface area contributed by atoms with E-state index in [0.29, 0.717) is 0 Å². The Labute approximate surface area is 78.9 Å². The molecule has 0 aliphatic rings. The summed E-state index contributed by atoms with van der Waals surface area (Å²) in [6, 6.07) is 3.55. The molecule has 4 nitrogen and oxygen atoms in total. The third-order valence-electron chi connectivity index (χ3n) is 1.03. The molecule has 0 bridgehead atoms. The van der Waals surface area contributed by atoms with Crippen molar-refractivity contribution in [2.45, 2.75) is 18.4 Å². The molecule has 5 heteroatoms. The van der Waals surface area contributed by atoms with Crippen LogP contribution in [0.15, 0.2) is 0 Å². The van der Waals surface area contributed by atoms with E-state index in [1.165, 1.54) is 6.92 Å². The van der Waals surface area contributed by atoms with Crippen LogP contribution in [0.4, 0.5) is 0 Å². The Morgan fingerprint density at radius 2 is 2.08 bits per heavy atom. The third kappa shape index (κ3) is 4.70. The van der Waals surface area contributed by atoms with Gasteiger partial charge in [-0.2, -0.15) is 10.5 Å². The van der Waals surface area contributed by atoms with E-state index in [9.17, 15) is 4.79 Å². The van der Waals surface area contributed by atoms with Gasteiger partial charge in [-0.15, -0.1) is 0 Å². The first-order valence-electron chi connectivity index (χ1n) is 3.20. The number of carbonyl (C=O) groups excluding carboxylic acids is 1. The summed E-state index contributed by atoms with van der Waals surface area (Å²) < 4.78 is 4.66. The van der Waals surface area contributed by atoms with Gasteiger partial charge in [0.25, 0.3) is 0 Å². The summed E-state index contributed by atoms with van der Waals surface area (Å²) in [6.07, 6.45) is 0.187. The van der Waals surface area contributed by atoms with Crippen LogP contribution in [0.25, 0.3) is 0 Å². The molecule has 0 radical (unpaired) electrons. The lowest BCUT2D eigenvalue weighted by atomic mass is 10.1. The van der Waals surface area contributed by atoms with E-state index in [2.05, 4.69) is 20.7 Å². The van der Waals surface area contributed by atoms with E-state index in [4.69, 9.17) is 10.5 Å². The van der Waals surface area contributed by atoms with Gasteiger partial charge in [0.2, 0.25) is 0 Å². The smallest absolute Gasteiger partial charge is 0.303 e. The third-order valence-corrected chi connectivity index (χ3v) is 1.59. The number of rotatable bonds is 3. The fourth-order valence-electron chi connectivity index (χ4n) is 0.548. The molecular weight excluding hydrogens is 224 g/mol. The first-order valence-corrected chi connectivity index (χ1v) is 4.12. The van der Waals surface area contributed by atoms with Gasteiger partial charge in [-0.25, -0.2) is 0 Å². The fourth-order valence-corrected chi connectivity index (χ4v) is 1.18. The number of esters is 1. The number of nitriles is 2. The summed E-state index contributed by atoms with van der Waals surface area (Å²) in [7, 11) is 0. The van der Waals surface area contributed by atoms with Gasteiger partial charge in [0.05, 0.1) is 12.1 Å². The van der Waals surface area contributed by atoms with E-state index in [1.807, 2.05) is 0 Å². The molecule has 0 spiro atoms. The van der Waals surface area contributed by atoms with Crippen LogP contribution in [0.1, 0.15) is 13.3 Å². The number of alkyl halides is 1. The lowest BCUT2D eigenvalue weighted by Crippen LogP contribution is -2.12. The Balaban J connectivity index is 3.86. The maximum atomic E-state index is 10.4. The van der Waals surface area contributed by atoms with Crippen LogP contribution in [0.2, 0.25) is 0 Å². The molecule has 0 amide bonds. The fraction of sp³-hybridized carbons (Fsp3) is 0.571. The highest BCUT2D eigenvalue weighted by atomic mass is 79.9. The summed E-state index contributed by atoms with van der Waals surface area (Å²) in [4.78, 5) is 10.4. The second-order valence-electron chi connectivity index (χ2n) is 2.07. The van der Waals surface area contributed by atoms with Crippen LogP contribution in [0.3, 0.4) is 0 Å². The zero-order valence-corrected chi connectivity index (χ0v) is 8.04. The molecule has 1 unspecified atom stereocenters. The number of carbonyl (C=O) groups is 1. The van der Waals surface area contributed by atoms with Crippen LogP contribution in [-0.4, -0.2) is 11.0 Å². The summed E-state index contributed by atoms with van der Waals surface area (Å²) in [5.41, 5.74) is 0. The molecule has 0 aliphatic carbocycles. The van der Waals surface area contributed by atoms with Crippen molar-refractivity contribution in [3.05, 3.63) is 0 Å². The molecule has 0 aromatic carbocycles. The first kappa shape index (κ1) is 10.9. The number of nitrogens with zero attached hydrogens (tertiary/aromatic N) is 2. The maximum Gasteiger partial charge on any atom is 0.303 e. The van der Waals surface area contributed by atoms with Gasteiger partial charge in [0, 0.05) is 13.3 Å². The zero-order valence-electron chi connectivity index (χ0n) is 6.45. The lowest BCUT2D eigenvalue weighted by molar-refractivity contribution is -0.142. The second-order valence-corrected chi connectivity index (χ2v) is 3.09. The number of hydrogen-bond acceptors (Lipinski definition) is 4. The van der Waals surface area contributed by atoms with Crippen molar-refractivity contribution in [2.75, 3.05) is 0 Å². The van der Waals surface area contributed by atoms with Gasteiger partial charge in [-0.1, -0.05) is 0 Å². The topological polar surface area (TPSA) is 73.9 Å². The summed E-state index contributed by atoms with van der Waals surface area (Å²) in [5, 5.41) is 16.2. The van der Waals surface area contributed by atoms with Crippen LogP contribution < -0.4 is 0 Å². The quantitative estimate of drug-likeness (QED) is 0.542. The SMILES string of the molecule is CC(=O)OC(Br)CC(C#N)C#N. The van der Waals surface area contributed by atoms with E-state index >= 15 is 0 Å². The first-order chi connectivity index (χ1) is 5.60. The average molecular weight is 231 g/mol. The molecule has 0 aromatic rings. The Morgan fingerprint density at radius 3 is 2.42 bits per heavy atom. The molecule has 0 saturated carbocycles. The van der Waals surface area contributed by atoms with Crippen LogP contribution >= 0.6 is 15.9 Å². The molecule has 12 heavy (non-hydrogen) atoms. The largest absolute Gasteiger partial charge is 0.451 e. The Morgan fingerprint density at radius 1 is 1.58 bits per heavy atom. The van der Waals surface area contributed by atoms with E-state index in [-0.39, 0.29) is 6.42 Å². The molecule has 1 atom stereocenters. The molecule has 0 rings (SSSR count). The van der Waals surface area contributed by atoms with Crippen molar-refractivity contribution in [2.24, 2.45) is 5.92 Å². The minimum Gasteiger partial charge on any atom is -0.451 e. The molecule has 0 N–H and O–H groups in total. The van der Waals surface area contributed by atoms with Crippen LogP contribution in [0.5, 0.6) is 0 Å². The Bertz CT molecular complexity index is 227. The summed E-state index contributed by atoms with van der Waals surface area (Å²) in [6.45, 7) is 1.27. The molecule has 0 heterocycles. The van der Waals surface area contributed by atoms with Crippen molar-refractivity contribution in [1.82, 2.24) is 0 Å². The standard InChI is InChI=1S/C7H7BrN2O2/c1-5(11)12-7(8)2-6(3-9)4-10/h6-7H,2H2,1H3.